The molecule has 4 rings (SSSR count). The van der Waals surface area contributed by atoms with Gasteiger partial charge in [-0.3, -0.25) is 14.4 Å². The van der Waals surface area contributed by atoms with Crippen LogP contribution in [0.1, 0.15) is 37.7 Å². The maximum Gasteiger partial charge on any atom is 0.225 e. The summed E-state index contributed by atoms with van der Waals surface area (Å²) < 4.78 is 1.85. The molecule has 2 unspecified atom stereocenters. The zero-order valence-corrected chi connectivity index (χ0v) is 15.3. The van der Waals surface area contributed by atoms with Crippen molar-refractivity contribution in [1.82, 2.24) is 19.6 Å². The number of carbonyl (C=O) groups is 1. The van der Waals surface area contributed by atoms with E-state index in [4.69, 9.17) is 5.73 Å². The van der Waals surface area contributed by atoms with Crippen molar-refractivity contribution in [2.75, 3.05) is 26.2 Å². The van der Waals surface area contributed by atoms with Gasteiger partial charge in [-0.1, -0.05) is 6.42 Å². The standard InChI is InChI=1S/C19H31N5O/c1-22-12-14(11-21-22)13-23-5-7-24(8-6-23)19(25)17-9-15-3-2-4-16(10-17)18(15)20/h11-12,15-18H,2-10,13,20H2,1H3. The highest BCUT2D eigenvalue weighted by Gasteiger charge is 2.41. The topological polar surface area (TPSA) is 67.4 Å². The number of hydrogen-bond donors (Lipinski definition) is 1. The number of rotatable bonds is 3. The molecule has 0 radical (unpaired) electrons. The van der Waals surface area contributed by atoms with Crippen LogP contribution in [0.15, 0.2) is 12.4 Å². The number of hydrogen-bond acceptors (Lipinski definition) is 4. The van der Waals surface area contributed by atoms with Crippen LogP contribution in [0.25, 0.3) is 0 Å². The molecule has 1 aliphatic heterocycles. The number of fused-ring (bicyclic) bond motifs is 2. The fraction of sp³-hybridized carbons (Fsp3) is 0.789. The van der Waals surface area contributed by atoms with Gasteiger partial charge in [-0.15, -0.1) is 0 Å². The lowest BCUT2D eigenvalue weighted by atomic mass is 9.65. The van der Waals surface area contributed by atoms with Crippen LogP contribution in [0.4, 0.5) is 0 Å². The van der Waals surface area contributed by atoms with Gasteiger partial charge in [-0.25, -0.2) is 0 Å². The van der Waals surface area contributed by atoms with Crippen molar-refractivity contribution in [1.29, 1.82) is 0 Å². The molecule has 1 aromatic rings. The molecule has 1 aromatic heterocycles. The number of nitrogens with zero attached hydrogens (tertiary/aromatic N) is 4. The molecule has 0 spiro atoms. The van der Waals surface area contributed by atoms with Crippen molar-refractivity contribution < 1.29 is 4.79 Å². The molecule has 2 heterocycles. The summed E-state index contributed by atoms with van der Waals surface area (Å²) >= 11 is 0. The Balaban J connectivity index is 1.29. The normalized spacial score (nSPS) is 33.4. The first kappa shape index (κ1) is 17.0. The largest absolute Gasteiger partial charge is 0.340 e. The Morgan fingerprint density at radius 3 is 2.48 bits per heavy atom. The van der Waals surface area contributed by atoms with Crippen LogP contribution < -0.4 is 5.73 Å². The molecule has 6 heteroatoms. The third kappa shape index (κ3) is 3.60. The Hall–Kier alpha value is -1.40. The summed E-state index contributed by atoms with van der Waals surface area (Å²) in [6.07, 6.45) is 9.79. The van der Waals surface area contributed by atoms with Crippen LogP contribution in [-0.2, 0) is 18.4 Å². The summed E-state index contributed by atoms with van der Waals surface area (Å²) in [4.78, 5) is 17.5. The molecule has 3 fully saturated rings. The molecule has 2 N–H and O–H groups in total. The molecule has 3 aliphatic rings. The number of carbonyl (C=O) groups excluding carboxylic acids is 1. The van der Waals surface area contributed by atoms with Gasteiger partial charge in [0.15, 0.2) is 0 Å². The summed E-state index contributed by atoms with van der Waals surface area (Å²) in [5.41, 5.74) is 7.63. The third-order valence-electron chi connectivity index (χ3n) is 6.61. The summed E-state index contributed by atoms with van der Waals surface area (Å²) in [5, 5.41) is 4.24. The minimum Gasteiger partial charge on any atom is -0.340 e. The number of piperazine rings is 1. The van der Waals surface area contributed by atoms with Gasteiger partial charge >= 0.3 is 0 Å². The smallest absolute Gasteiger partial charge is 0.225 e. The van der Waals surface area contributed by atoms with Crippen LogP contribution in [0.5, 0.6) is 0 Å². The number of aryl methyl sites for hydroxylation is 1. The second-order valence-corrected chi connectivity index (χ2v) is 8.32. The van der Waals surface area contributed by atoms with Crippen LogP contribution in [0.3, 0.4) is 0 Å². The minimum atomic E-state index is 0.222. The minimum absolute atomic E-state index is 0.222. The molecule has 2 atom stereocenters. The Morgan fingerprint density at radius 1 is 1.20 bits per heavy atom. The van der Waals surface area contributed by atoms with E-state index in [0.717, 1.165) is 45.6 Å². The van der Waals surface area contributed by atoms with Crippen molar-refractivity contribution in [3.63, 3.8) is 0 Å². The average molecular weight is 345 g/mol. The molecular formula is C19H31N5O. The van der Waals surface area contributed by atoms with Crippen LogP contribution in [0.2, 0.25) is 0 Å². The van der Waals surface area contributed by atoms with E-state index < -0.39 is 0 Å². The number of aromatic nitrogens is 2. The maximum absolute atomic E-state index is 13.0. The van der Waals surface area contributed by atoms with E-state index in [2.05, 4.69) is 21.1 Å². The van der Waals surface area contributed by atoms with Gasteiger partial charge < -0.3 is 10.6 Å². The highest BCUT2D eigenvalue weighted by Crippen LogP contribution is 2.42. The van der Waals surface area contributed by atoms with E-state index in [-0.39, 0.29) is 5.92 Å². The molecule has 6 nitrogen and oxygen atoms in total. The van der Waals surface area contributed by atoms with Crippen molar-refractivity contribution in [3.05, 3.63) is 18.0 Å². The Bertz CT molecular complexity index is 593. The summed E-state index contributed by atoms with van der Waals surface area (Å²) in [6.45, 7) is 4.56. The molecular weight excluding hydrogens is 314 g/mol. The second kappa shape index (κ2) is 7.08. The zero-order chi connectivity index (χ0) is 17.4. The van der Waals surface area contributed by atoms with Crippen molar-refractivity contribution in [2.45, 2.75) is 44.7 Å². The van der Waals surface area contributed by atoms with Gasteiger partial charge in [0.25, 0.3) is 0 Å². The maximum atomic E-state index is 13.0. The predicted molar refractivity (Wildman–Crippen MR) is 96.6 cm³/mol. The van der Waals surface area contributed by atoms with Crippen LogP contribution in [-0.4, -0.2) is 57.7 Å². The predicted octanol–water partition coefficient (Wildman–Crippen LogP) is 1.22. The number of amides is 1. The molecule has 25 heavy (non-hydrogen) atoms. The van der Waals surface area contributed by atoms with Crippen LogP contribution >= 0.6 is 0 Å². The van der Waals surface area contributed by atoms with E-state index in [1.807, 2.05) is 17.9 Å². The number of nitrogens with two attached hydrogens (primary N) is 1. The first-order chi connectivity index (χ1) is 12.1. The first-order valence-corrected chi connectivity index (χ1v) is 9.84. The van der Waals surface area contributed by atoms with Gasteiger partial charge in [0, 0.05) is 63.5 Å². The molecule has 2 bridgehead atoms. The molecule has 1 saturated heterocycles. The first-order valence-electron chi connectivity index (χ1n) is 9.84. The molecule has 2 aliphatic carbocycles. The van der Waals surface area contributed by atoms with E-state index in [0.29, 0.717) is 23.8 Å². The lowest BCUT2D eigenvalue weighted by Crippen LogP contribution is -2.53. The summed E-state index contributed by atoms with van der Waals surface area (Å²) in [6, 6.07) is 0.342. The van der Waals surface area contributed by atoms with Crippen molar-refractivity contribution >= 4 is 5.91 Å². The average Bonchev–Trinajstić information content (AvgIpc) is 2.99. The zero-order valence-electron chi connectivity index (χ0n) is 15.3. The highest BCUT2D eigenvalue weighted by molar-refractivity contribution is 5.79. The second-order valence-electron chi connectivity index (χ2n) is 8.32. The van der Waals surface area contributed by atoms with E-state index >= 15 is 0 Å². The lowest BCUT2D eigenvalue weighted by Gasteiger charge is -2.45. The summed E-state index contributed by atoms with van der Waals surface area (Å²) in [7, 11) is 1.95. The fourth-order valence-corrected chi connectivity index (χ4v) is 5.19. The lowest BCUT2D eigenvalue weighted by molar-refractivity contribution is -0.140. The Kier molecular flexibility index (Phi) is 4.82. The van der Waals surface area contributed by atoms with Crippen LogP contribution in [0, 0.1) is 17.8 Å². The molecule has 1 amide bonds. The molecule has 2 saturated carbocycles. The third-order valence-corrected chi connectivity index (χ3v) is 6.61. The van der Waals surface area contributed by atoms with E-state index in [9.17, 15) is 4.79 Å². The van der Waals surface area contributed by atoms with Gasteiger partial charge in [-0.2, -0.15) is 5.10 Å². The highest BCUT2D eigenvalue weighted by atomic mass is 16.2. The van der Waals surface area contributed by atoms with Crippen molar-refractivity contribution in [3.8, 4) is 0 Å². The quantitative estimate of drug-likeness (QED) is 0.894. The fourth-order valence-electron chi connectivity index (χ4n) is 5.19. The Labute approximate surface area is 150 Å². The monoisotopic (exact) mass is 345 g/mol. The SMILES string of the molecule is Cn1cc(CN2CCN(C(=O)C3CC4CCCC(C3)C4N)CC2)cn1. The van der Waals surface area contributed by atoms with Gasteiger partial charge in [0.05, 0.1) is 6.20 Å². The van der Waals surface area contributed by atoms with Crippen molar-refractivity contribution in [2.24, 2.45) is 30.5 Å². The van der Waals surface area contributed by atoms with E-state index in [1.54, 1.807) is 0 Å². The van der Waals surface area contributed by atoms with Gasteiger partial charge in [0.2, 0.25) is 5.91 Å². The molecule has 0 aromatic carbocycles. The molecule has 138 valence electrons. The summed E-state index contributed by atoms with van der Waals surface area (Å²) in [5.74, 6) is 1.77. The van der Waals surface area contributed by atoms with E-state index in [1.165, 1.54) is 24.8 Å². The van der Waals surface area contributed by atoms with Gasteiger partial charge in [-0.05, 0) is 37.5 Å². The van der Waals surface area contributed by atoms with Gasteiger partial charge in [0.1, 0.15) is 0 Å². The Morgan fingerprint density at radius 2 is 1.88 bits per heavy atom.